The molecule has 1 aromatic carbocycles. The van der Waals surface area contributed by atoms with Crippen LogP contribution in [0.4, 0.5) is 16.4 Å². The molecule has 8 nitrogen and oxygen atoms in total. The number of hydrogen-bond acceptors (Lipinski definition) is 6. The van der Waals surface area contributed by atoms with E-state index < -0.39 is 0 Å². The molecule has 0 saturated heterocycles. The molecule has 3 heterocycles. The van der Waals surface area contributed by atoms with Gasteiger partial charge in [0.15, 0.2) is 0 Å². The third-order valence-corrected chi connectivity index (χ3v) is 4.91. The van der Waals surface area contributed by atoms with E-state index in [-0.39, 0.29) is 24.1 Å². The molecule has 0 saturated carbocycles. The Kier molecular flexibility index (Phi) is 5.98. The number of hydrogen-bond donors (Lipinski definition) is 3. The first kappa shape index (κ1) is 20.2. The molecule has 4 rings (SSSR count). The quantitative estimate of drug-likeness (QED) is 0.431. The Morgan fingerprint density at radius 3 is 2.29 bits per heavy atom. The van der Waals surface area contributed by atoms with Crippen LogP contribution in [-0.4, -0.2) is 26.0 Å². The molecule has 0 radical (unpaired) electrons. The normalized spacial score (nSPS) is 12.7. The zero-order valence-corrected chi connectivity index (χ0v) is 17.3. The molecular weight excluding hydrogens is 390 g/mol. The Bertz CT molecular complexity index is 1170. The molecule has 0 unspecified atom stereocenters. The minimum atomic E-state index is -0.379. The van der Waals surface area contributed by atoms with Crippen molar-refractivity contribution < 1.29 is 4.79 Å². The van der Waals surface area contributed by atoms with Crippen LogP contribution in [-0.2, 0) is 0 Å². The number of nitrogens with one attached hydrogen (secondary N) is 3. The maximum atomic E-state index is 12.4. The van der Waals surface area contributed by atoms with Crippen molar-refractivity contribution in [3.05, 3.63) is 84.6 Å². The van der Waals surface area contributed by atoms with Crippen molar-refractivity contribution in [1.82, 2.24) is 25.3 Å². The molecule has 0 aliphatic carbocycles. The maximum Gasteiger partial charge on any atom is 0.322 e. The number of amides is 2. The molecule has 0 bridgehead atoms. The average molecular weight is 413 g/mol. The van der Waals surface area contributed by atoms with E-state index in [0.717, 1.165) is 27.7 Å². The molecular formula is C23H23N7O. The van der Waals surface area contributed by atoms with Crippen LogP contribution in [0.25, 0.3) is 10.9 Å². The molecule has 0 fully saturated rings. The summed E-state index contributed by atoms with van der Waals surface area (Å²) in [4.78, 5) is 29.3. The number of benzene rings is 1. The standard InChI is InChI=1S/C23H23N7O/c1-15(17-5-3-9-24-12-17)27-20-8-7-19-14-26-22(29-21(19)11-20)30-23(31)28-16(2)18-6-4-10-25-13-18/h3-16,27H,1-2H3,(H2,26,28,29,30,31)/t15-,16-/m1/s1. The number of anilines is 2. The van der Waals surface area contributed by atoms with Gasteiger partial charge in [0, 0.05) is 42.1 Å². The second-order valence-corrected chi connectivity index (χ2v) is 7.23. The van der Waals surface area contributed by atoms with Gasteiger partial charge < -0.3 is 10.6 Å². The van der Waals surface area contributed by atoms with E-state index in [1.165, 1.54) is 0 Å². The number of rotatable bonds is 6. The number of fused-ring (bicyclic) bond motifs is 1. The van der Waals surface area contributed by atoms with Crippen LogP contribution in [0, 0.1) is 0 Å². The molecule has 0 spiro atoms. The third-order valence-electron chi connectivity index (χ3n) is 4.91. The van der Waals surface area contributed by atoms with Gasteiger partial charge in [0.05, 0.1) is 17.6 Å². The summed E-state index contributed by atoms with van der Waals surface area (Å²) in [5.41, 5.74) is 3.65. The molecule has 31 heavy (non-hydrogen) atoms. The fraction of sp³-hybridized carbons (Fsp3) is 0.174. The molecule has 3 aromatic heterocycles. The molecule has 0 aliphatic heterocycles. The predicted octanol–water partition coefficient (Wildman–Crippen LogP) is 4.48. The second-order valence-electron chi connectivity index (χ2n) is 7.23. The van der Waals surface area contributed by atoms with Gasteiger partial charge in [0.25, 0.3) is 0 Å². The van der Waals surface area contributed by atoms with Crippen molar-refractivity contribution in [2.24, 2.45) is 0 Å². The van der Waals surface area contributed by atoms with Crippen LogP contribution in [0.5, 0.6) is 0 Å². The fourth-order valence-electron chi connectivity index (χ4n) is 3.19. The van der Waals surface area contributed by atoms with Crippen molar-refractivity contribution >= 4 is 28.6 Å². The molecule has 8 heteroatoms. The molecule has 2 atom stereocenters. The van der Waals surface area contributed by atoms with Gasteiger partial charge in [-0.1, -0.05) is 12.1 Å². The zero-order valence-electron chi connectivity index (χ0n) is 17.3. The molecule has 4 aromatic rings. The third kappa shape index (κ3) is 5.11. The number of nitrogens with zero attached hydrogens (tertiary/aromatic N) is 4. The molecule has 2 amide bonds. The van der Waals surface area contributed by atoms with E-state index >= 15 is 0 Å². The molecule has 156 valence electrons. The van der Waals surface area contributed by atoms with Gasteiger partial charge >= 0.3 is 6.03 Å². The van der Waals surface area contributed by atoms with E-state index in [4.69, 9.17) is 0 Å². The van der Waals surface area contributed by atoms with Crippen LogP contribution >= 0.6 is 0 Å². The minimum Gasteiger partial charge on any atom is -0.378 e. The lowest BCUT2D eigenvalue weighted by molar-refractivity contribution is 0.249. The maximum absolute atomic E-state index is 12.4. The lowest BCUT2D eigenvalue weighted by Gasteiger charge is -2.16. The highest BCUT2D eigenvalue weighted by Gasteiger charge is 2.12. The summed E-state index contributed by atoms with van der Waals surface area (Å²) in [7, 11) is 0. The van der Waals surface area contributed by atoms with Gasteiger partial charge in [0.2, 0.25) is 5.95 Å². The Morgan fingerprint density at radius 1 is 0.903 bits per heavy atom. The summed E-state index contributed by atoms with van der Waals surface area (Å²) in [6.45, 7) is 3.96. The Labute approximate surface area is 180 Å². The summed E-state index contributed by atoms with van der Waals surface area (Å²) >= 11 is 0. The minimum absolute atomic E-state index is 0.0883. The SMILES string of the molecule is C[C@@H](NC(=O)Nc1ncc2ccc(N[C@H](C)c3cccnc3)cc2n1)c1cccnc1. The second kappa shape index (κ2) is 9.17. The van der Waals surface area contributed by atoms with E-state index in [9.17, 15) is 4.79 Å². The van der Waals surface area contributed by atoms with E-state index in [2.05, 4.69) is 42.8 Å². The fourth-order valence-corrected chi connectivity index (χ4v) is 3.19. The van der Waals surface area contributed by atoms with Gasteiger partial charge in [-0.3, -0.25) is 15.3 Å². The summed E-state index contributed by atoms with van der Waals surface area (Å²) in [6, 6.07) is 13.1. The zero-order chi connectivity index (χ0) is 21.6. The number of urea groups is 1. The largest absolute Gasteiger partial charge is 0.378 e. The summed E-state index contributed by atoms with van der Waals surface area (Å²) in [6.07, 6.45) is 8.70. The number of carbonyl (C=O) groups excluding carboxylic acids is 1. The topological polar surface area (TPSA) is 105 Å². The van der Waals surface area contributed by atoms with E-state index in [0.29, 0.717) is 0 Å². The molecule has 0 aliphatic rings. The van der Waals surface area contributed by atoms with Crippen molar-refractivity contribution in [2.75, 3.05) is 10.6 Å². The highest BCUT2D eigenvalue weighted by Crippen LogP contribution is 2.22. The summed E-state index contributed by atoms with van der Waals surface area (Å²) in [5, 5.41) is 9.89. The van der Waals surface area contributed by atoms with Gasteiger partial charge in [-0.25, -0.2) is 14.8 Å². The smallest absolute Gasteiger partial charge is 0.322 e. The van der Waals surface area contributed by atoms with Crippen molar-refractivity contribution in [1.29, 1.82) is 0 Å². The average Bonchev–Trinajstić information content (AvgIpc) is 2.80. The van der Waals surface area contributed by atoms with Crippen LogP contribution in [0.2, 0.25) is 0 Å². The van der Waals surface area contributed by atoms with Crippen molar-refractivity contribution in [3.8, 4) is 0 Å². The highest BCUT2D eigenvalue weighted by molar-refractivity contribution is 5.89. The lowest BCUT2D eigenvalue weighted by Crippen LogP contribution is -2.31. The summed E-state index contributed by atoms with van der Waals surface area (Å²) < 4.78 is 0. The number of carbonyl (C=O) groups is 1. The van der Waals surface area contributed by atoms with Crippen LogP contribution in [0.1, 0.15) is 37.1 Å². The van der Waals surface area contributed by atoms with Crippen LogP contribution in [0.15, 0.2) is 73.4 Å². The van der Waals surface area contributed by atoms with Crippen LogP contribution < -0.4 is 16.0 Å². The van der Waals surface area contributed by atoms with Gasteiger partial charge in [0.1, 0.15) is 0 Å². The first-order valence-electron chi connectivity index (χ1n) is 9.99. The predicted molar refractivity (Wildman–Crippen MR) is 121 cm³/mol. The van der Waals surface area contributed by atoms with Gasteiger partial charge in [-0.2, -0.15) is 0 Å². The van der Waals surface area contributed by atoms with Crippen LogP contribution in [0.3, 0.4) is 0 Å². The van der Waals surface area contributed by atoms with Gasteiger partial charge in [-0.15, -0.1) is 0 Å². The Hall–Kier alpha value is -4.07. The van der Waals surface area contributed by atoms with Gasteiger partial charge in [-0.05, 0) is 55.3 Å². The first-order valence-corrected chi connectivity index (χ1v) is 9.99. The monoisotopic (exact) mass is 413 g/mol. The van der Waals surface area contributed by atoms with E-state index in [1.54, 1.807) is 24.8 Å². The summed E-state index contributed by atoms with van der Waals surface area (Å²) in [5.74, 6) is 0.237. The van der Waals surface area contributed by atoms with Crippen molar-refractivity contribution in [2.45, 2.75) is 25.9 Å². The first-order chi connectivity index (χ1) is 15.1. The molecule has 3 N–H and O–H groups in total. The lowest BCUT2D eigenvalue weighted by atomic mass is 10.1. The Balaban J connectivity index is 1.45. The van der Waals surface area contributed by atoms with E-state index in [1.807, 2.05) is 55.6 Å². The number of aromatic nitrogens is 4. The highest BCUT2D eigenvalue weighted by atomic mass is 16.2. The van der Waals surface area contributed by atoms with Crippen molar-refractivity contribution in [3.63, 3.8) is 0 Å². The number of pyridine rings is 2. The Morgan fingerprint density at radius 2 is 1.61 bits per heavy atom.